The highest BCUT2D eigenvalue weighted by Crippen LogP contribution is 2.19. The first-order valence-corrected chi connectivity index (χ1v) is 5.46. The quantitative estimate of drug-likeness (QED) is 0.693. The number of carboxylic acid groups (broad SMARTS) is 1. The summed E-state index contributed by atoms with van der Waals surface area (Å²) in [4.78, 5) is 27.8. The van der Waals surface area contributed by atoms with Gasteiger partial charge in [-0.05, 0) is 12.1 Å². The van der Waals surface area contributed by atoms with Crippen LogP contribution >= 0.6 is 0 Å². The molecule has 0 aliphatic carbocycles. The zero-order valence-electron chi connectivity index (χ0n) is 9.48. The van der Waals surface area contributed by atoms with E-state index in [0.29, 0.717) is 5.69 Å². The number of hydrogen-bond acceptors (Lipinski definition) is 4. The first-order chi connectivity index (χ1) is 8.58. The van der Waals surface area contributed by atoms with Crippen LogP contribution in [0.2, 0.25) is 0 Å². The molecule has 2 unspecified atom stereocenters. The van der Waals surface area contributed by atoms with Gasteiger partial charge in [-0.25, -0.2) is 9.59 Å². The van der Waals surface area contributed by atoms with E-state index in [-0.39, 0.29) is 13.0 Å². The molecule has 1 aliphatic rings. The summed E-state index contributed by atoms with van der Waals surface area (Å²) in [6.45, 7) is 0.0169. The van der Waals surface area contributed by atoms with Gasteiger partial charge in [-0.3, -0.25) is 4.98 Å². The van der Waals surface area contributed by atoms with E-state index in [1.165, 1.54) is 6.20 Å². The number of carboxylic acids is 1. The first kappa shape index (κ1) is 12.3. The molecule has 2 amide bonds. The molecule has 96 valence electrons. The average molecular weight is 251 g/mol. The summed E-state index contributed by atoms with van der Waals surface area (Å²) in [7, 11) is 0. The number of aromatic nitrogens is 1. The van der Waals surface area contributed by atoms with Gasteiger partial charge in [0, 0.05) is 19.2 Å². The number of likely N-dealkylation sites (tertiary alicyclic amines) is 1. The highest BCUT2D eigenvalue weighted by atomic mass is 16.4. The van der Waals surface area contributed by atoms with Crippen molar-refractivity contribution in [1.82, 2.24) is 9.88 Å². The fraction of sp³-hybridized carbons (Fsp3) is 0.364. The third kappa shape index (κ3) is 2.57. The third-order valence-electron chi connectivity index (χ3n) is 2.74. The fourth-order valence-corrected chi connectivity index (χ4v) is 1.90. The predicted octanol–water partition coefficient (Wildman–Crippen LogP) is 0.133. The number of amides is 2. The zero-order chi connectivity index (χ0) is 13.1. The molecule has 1 aromatic heterocycles. The van der Waals surface area contributed by atoms with E-state index in [2.05, 4.69) is 10.3 Å². The Morgan fingerprint density at radius 2 is 2.28 bits per heavy atom. The normalized spacial score (nSPS) is 22.8. The van der Waals surface area contributed by atoms with Gasteiger partial charge in [0.1, 0.15) is 6.04 Å². The number of carbonyl (C=O) groups excluding carboxylic acids is 1. The lowest BCUT2D eigenvalue weighted by Gasteiger charge is -2.21. The van der Waals surface area contributed by atoms with Crippen molar-refractivity contribution in [3.05, 3.63) is 24.5 Å². The van der Waals surface area contributed by atoms with Crippen LogP contribution in [-0.4, -0.2) is 50.8 Å². The number of urea groups is 1. The molecule has 7 nitrogen and oxygen atoms in total. The second kappa shape index (κ2) is 5.01. The van der Waals surface area contributed by atoms with Crippen LogP contribution in [-0.2, 0) is 4.79 Å². The predicted molar refractivity (Wildman–Crippen MR) is 62.0 cm³/mol. The van der Waals surface area contributed by atoms with Crippen molar-refractivity contribution in [1.29, 1.82) is 0 Å². The summed E-state index contributed by atoms with van der Waals surface area (Å²) in [6.07, 6.45) is 2.27. The van der Waals surface area contributed by atoms with Crippen molar-refractivity contribution in [2.75, 3.05) is 11.9 Å². The molecule has 0 saturated carbocycles. The Morgan fingerprint density at radius 1 is 1.50 bits per heavy atom. The van der Waals surface area contributed by atoms with Crippen LogP contribution in [0.25, 0.3) is 0 Å². The first-order valence-electron chi connectivity index (χ1n) is 5.46. The standard InChI is InChI=1S/C11H13N3O4/c15-8-4-9(10(16)17)14(6-8)11(18)13-7-2-1-3-12-5-7/h1-3,5,8-9,15H,4,6H2,(H,13,18)(H,16,17). The SMILES string of the molecule is O=C(O)C1CC(O)CN1C(=O)Nc1cccnc1. The van der Waals surface area contributed by atoms with Crippen molar-refractivity contribution in [3.63, 3.8) is 0 Å². The molecule has 1 aromatic rings. The van der Waals surface area contributed by atoms with Gasteiger partial charge < -0.3 is 20.4 Å². The van der Waals surface area contributed by atoms with Crippen LogP contribution in [0.1, 0.15) is 6.42 Å². The molecule has 2 rings (SSSR count). The number of anilines is 1. The highest BCUT2D eigenvalue weighted by molar-refractivity contribution is 5.92. The number of hydrogen-bond donors (Lipinski definition) is 3. The van der Waals surface area contributed by atoms with Crippen molar-refractivity contribution < 1.29 is 19.8 Å². The van der Waals surface area contributed by atoms with Gasteiger partial charge in [0.15, 0.2) is 0 Å². The van der Waals surface area contributed by atoms with E-state index in [1.54, 1.807) is 18.3 Å². The van der Waals surface area contributed by atoms with Gasteiger partial charge in [0.2, 0.25) is 0 Å². The Bertz CT molecular complexity index is 451. The molecule has 18 heavy (non-hydrogen) atoms. The molecular formula is C11H13N3O4. The van der Waals surface area contributed by atoms with Gasteiger partial charge >= 0.3 is 12.0 Å². The summed E-state index contributed by atoms with van der Waals surface area (Å²) in [5.41, 5.74) is 0.480. The summed E-state index contributed by atoms with van der Waals surface area (Å²) in [6, 6.07) is 1.76. The maximum Gasteiger partial charge on any atom is 0.326 e. The van der Waals surface area contributed by atoms with Crippen LogP contribution < -0.4 is 5.32 Å². The molecule has 1 fully saturated rings. The number of aliphatic hydroxyl groups excluding tert-OH is 1. The Kier molecular flexibility index (Phi) is 3.42. The smallest absolute Gasteiger partial charge is 0.326 e. The van der Waals surface area contributed by atoms with Crippen molar-refractivity contribution in [2.45, 2.75) is 18.6 Å². The van der Waals surface area contributed by atoms with Gasteiger partial charge in [0.25, 0.3) is 0 Å². The Morgan fingerprint density at radius 3 is 2.89 bits per heavy atom. The molecule has 2 atom stereocenters. The van der Waals surface area contributed by atoms with E-state index in [0.717, 1.165) is 4.90 Å². The monoisotopic (exact) mass is 251 g/mol. The maximum atomic E-state index is 11.9. The van der Waals surface area contributed by atoms with E-state index in [4.69, 9.17) is 5.11 Å². The van der Waals surface area contributed by atoms with Crippen molar-refractivity contribution in [3.8, 4) is 0 Å². The van der Waals surface area contributed by atoms with Crippen LogP contribution in [0, 0.1) is 0 Å². The zero-order valence-corrected chi connectivity index (χ0v) is 9.48. The second-order valence-electron chi connectivity index (χ2n) is 4.07. The fourth-order valence-electron chi connectivity index (χ4n) is 1.90. The minimum Gasteiger partial charge on any atom is -0.480 e. The molecule has 2 heterocycles. The molecule has 0 bridgehead atoms. The molecule has 7 heteroatoms. The molecule has 0 spiro atoms. The molecule has 1 aliphatic heterocycles. The Hall–Kier alpha value is -2.15. The number of aliphatic hydroxyl groups is 1. The number of nitrogens with one attached hydrogen (secondary N) is 1. The van der Waals surface area contributed by atoms with Gasteiger partial charge in [-0.1, -0.05) is 0 Å². The van der Waals surface area contributed by atoms with Crippen LogP contribution in [0.4, 0.5) is 10.5 Å². The summed E-state index contributed by atoms with van der Waals surface area (Å²) < 4.78 is 0. The summed E-state index contributed by atoms with van der Waals surface area (Å²) in [5, 5.41) is 20.9. The lowest BCUT2D eigenvalue weighted by molar-refractivity contribution is -0.141. The van der Waals surface area contributed by atoms with E-state index >= 15 is 0 Å². The molecule has 0 aromatic carbocycles. The Labute approximate surface area is 103 Å². The molecular weight excluding hydrogens is 238 g/mol. The summed E-state index contributed by atoms with van der Waals surface area (Å²) >= 11 is 0. The minimum absolute atomic E-state index is 0.0169. The number of nitrogens with zero attached hydrogens (tertiary/aromatic N) is 2. The number of β-amino-alcohol motifs (C(OH)–C–C–N with tert-alkyl or cyclic N) is 1. The van der Waals surface area contributed by atoms with E-state index in [9.17, 15) is 14.7 Å². The van der Waals surface area contributed by atoms with Gasteiger partial charge in [-0.15, -0.1) is 0 Å². The summed E-state index contributed by atoms with van der Waals surface area (Å²) in [5.74, 6) is -1.12. The third-order valence-corrected chi connectivity index (χ3v) is 2.74. The van der Waals surface area contributed by atoms with Gasteiger partial charge in [-0.2, -0.15) is 0 Å². The lowest BCUT2D eigenvalue weighted by atomic mass is 10.2. The maximum absolute atomic E-state index is 11.9. The lowest BCUT2D eigenvalue weighted by Crippen LogP contribution is -2.43. The van der Waals surface area contributed by atoms with E-state index < -0.39 is 24.1 Å². The molecule has 3 N–H and O–H groups in total. The van der Waals surface area contributed by atoms with E-state index in [1.807, 2.05) is 0 Å². The van der Waals surface area contributed by atoms with Crippen LogP contribution in [0.15, 0.2) is 24.5 Å². The number of rotatable bonds is 2. The minimum atomic E-state index is -1.12. The number of aliphatic carboxylic acids is 1. The largest absolute Gasteiger partial charge is 0.480 e. The van der Waals surface area contributed by atoms with Crippen molar-refractivity contribution >= 4 is 17.7 Å². The average Bonchev–Trinajstić information content (AvgIpc) is 2.73. The van der Waals surface area contributed by atoms with Gasteiger partial charge in [0.05, 0.1) is 18.0 Å². The Balaban J connectivity index is 2.06. The highest BCUT2D eigenvalue weighted by Gasteiger charge is 2.38. The molecule has 1 saturated heterocycles. The second-order valence-corrected chi connectivity index (χ2v) is 4.07. The molecule has 0 radical (unpaired) electrons. The topological polar surface area (TPSA) is 103 Å². The number of carbonyl (C=O) groups is 2. The van der Waals surface area contributed by atoms with Crippen molar-refractivity contribution in [2.24, 2.45) is 0 Å². The van der Waals surface area contributed by atoms with Crippen LogP contribution in [0.3, 0.4) is 0 Å². The van der Waals surface area contributed by atoms with Crippen LogP contribution in [0.5, 0.6) is 0 Å². The number of pyridine rings is 1.